The summed E-state index contributed by atoms with van der Waals surface area (Å²) >= 11 is 0. The predicted molar refractivity (Wildman–Crippen MR) is 66.7 cm³/mol. The molecule has 0 fully saturated rings. The van der Waals surface area contributed by atoms with Crippen molar-refractivity contribution >= 4 is 11.9 Å². The molecule has 1 amide bonds. The molecule has 0 radical (unpaired) electrons. The van der Waals surface area contributed by atoms with Crippen molar-refractivity contribution in [2.45, 2.75) is 33.7 Å². The summed E-state index contributed by atoms with van der Waals surface area (Å²) in [5.74, 6) is -0.263. The van der Waals surface area contributed by atoms with Crippen molar-refractivity contribution in [1.29, 1.82) is 0 Å². The van der Waals surface area contributed by atoms with E-state index in [1.807, 2.05) is 20.8 Å². The molecule has 0 aliphatic heterocycles. The van der Waals surface area contributed by atoms with E-state index < -0.39 is 0 Å². The Hall–Kier alpha value is -1.10. The van der Waals surface area contributed by atoms with Crippen molar-refractivity contribution < 1.29 is 14.3 Å². The molecule has 0 N–H and O–H groups in total. The molecule has 0 saturated heterocycles. The number of likely N-dealkylation sites (N-methyl/N-ethyl adjacent to an activating group) is 2. The molecule has 0 aromatic rings. The lowest BCUT2D eigenvalue weighted by Gasteiger charge is -2.25. The van der Waals surface area contributed by atoms with E-state index in [1.54, 1.807) is 23.8 Å². The molecular weight excluding hydrogens is 220 g/mol. The minimum Gasteiger partial charge on any atom is -0.465 e. The van der Waals surface area contributed by atoms with E-state index >= 15 is 0 Å². The lowest BCUT2D eigenvalue weighted by Crippen LogP contribution is -2.43. The average molecular weight is 244 g/mol. The number of amides is 1. The number of carbonyl (C=O) groups is 2. The van der Waals surface area contributed by atoms with Crippen molar-refractivity contribution in [1.82, 2.24) is 9.80 Å². The Labute approximate surface area is 104 Å². The molecule has 0 unspecified atom stereocenters. The average Bonchev–Trinajstić information content (AvgIpc) is 2.26. The summed E-state index contributed by atoms with van der Waals surface area (Å²) in [6.07, 6.45) is 0. The van der Waals surface area contributed by atoms with Gasteiger partial charge in [0, 0.05) is 13.1 Å². The summed E-state index contributed by atoms with van der Waals surface area (Å²) < 4.78 is 4.86. The van der Waals surface area contributed by atoms with Gasteiger partial charge >= 0.3 is 5.97 Å². The quantitative estimate of drug-likeness (QED) is 0.620. The molecule has 0 aromatic heterocycles. The minimum atomic E-state index is -0.283. The van der Waals surface area contributed by atoms with Crippen molar-refractivity contribution in [2.24, 2.45) is 0 Å². The Kier molecular flexibility index (Phi) is 7.54. The van der Waals surface area contributed by atoms with Crippen LogP contribution in [0, 0.1) is 0 Å². The van der Waals surface area contributed by atoms with Crippen LogP contribution in [0.15, 0.2) is 0 Å². The maximum atomic E-state index is 11.8. The molecule has 5 nitrogen and oxygen atoms in total. The van der Waals surface area contributed by atoms with E-state index in [-0.39, 0.29) is 31.0 Å². The third-order valence-electron chi connectivity index (χ3n) is 2.63. The van der Waals surface area contributed by atoms with Crippen LogP contribution >= 0.6 is 0 Å². The van der Waals surface area contributed by atoms with Crippen LogP contribution in [0.4, 0.5) is 0 Å². The summed E-state index contributed by atoms with van der Waals surface area (Å²) in [5, 5.41) is 0. The van der Waals surface area contributed by atoms with Crippen molar-refractivity contribution in [2.75, 3.05) is 33.3 Å². The highest BCUT2D eigenvalue weighted by Gasteiger charge is 2.17. The first-order valence-electron chi connectivity index (χ1n) is 6.05. The molecule has 0 atom stereocenters. The molecule has 0 heterocycles. The highest BCUT2D eigenvalue weighted by Crippen LogP contribution is 1.98. The van der Waals surface area contributed by atoms with Gasteiger partial charge in [-0.1, -0.05) is 6.92 Å². The van der Waals surface area contributed by atoms with Crippen LogP contribution in [-0.4, -0.2) is 61.0 Å². The smallest absolute Gasteiger partial charge is 0.320 e. The van der Waals surface area contributed by atoms with E-state index in [9.17, 15) is 9.59 Å². The summed E-state index contributed by atoms with van der Waals surface area (Å²) in [4.78, 5) is 26.6. The van der Waals surface area contributed by atoms with Crippen molar-refractivity contribution in [3.63, 3.8) is 0 Å². The summed E-state index contributed by atoms with van der Waals surface area (Å²) in [5.41, 5.74) is 0. The van der Waals surface area contributed by atoms with Gasteiger partial charge in [-0.2, -0.15) is 0 Å². The molecule has 0 bridgehead atoms. The van der Waals surface area contributed by atoms with Crippen LogP contribution < -0.4 is 0 Å². The number of ether oxygens (including phenoxy) is 1. The summed E-state index contributed by atoms with van der Waals surface area (Å²) in [6.45, 7) is 9.05. The van der Waals surface area contributed by atoms with E-state index in [0.717, 1.165) is 0 Å². The molecule has 0 spiro atoms. The predicted octanol–water partition coefficient (Wildman–Crippen LogP) is 0.738. The van der Waals surface area contributed by atoms with Crippen LogP contribution in [-0.2, 0) is 14.3 Å². The SMILES string of the molecule is CCOC(=O)CN(CC)CC(=O)N(C)C(C)C. The first-order valence-corrected chi connectivity index (χ1v) is 6.05. The Morgan fingerprint density at radius 1 is 1.18 bits per heavy atom. The molecule has 5 heteroatoms. The molecule has 0 aliphatic carbocycles. The normalized spacial score (nSPS) is 10.8. The molecule has 100 valence electrons. The zero-order chi connectivity index (χ0) is 13.4. The highest BCUT2D eigenvalue weighted by atomic mass is 16.5. The fourth-order valence-electron chi connectivity index (χ4n) is 1.26. The van der Waals surface area contributed by atoms with Gasteiger partial charge in [-0.15, -0.1) is 0 Å². The molecule has 0 aliphatic rings. The highest BCUT2D eigenvalue weighted by molar-refractivity contribution is 5.79. The first kappa shape index (κ1) is 15.9. The van der Waals surface area contributed by atoms with E-state index in [2.05, 4.69) is 0 Å². The Bertz CT molecular complexity index is 254. The number of hydrogen-bond acceptors (Lipinski definition) is 4. The number of nitrogens with zero attached hydrogens (tertiary/aromatic N) is 2. The Morgan fingerprint density at radius 2 is 1.76 bits per heavy atom. The molecule has 0 saturated carbocycles. The Balaban J connectivity index is 4.21. The molecule has 17 heavy (non-hydrogen) atoms. The van der Waals surface area contributed by atoms with E-state index in [4.69, 9.17) is 4.74 Å². The summed E-state index contributed by atoms with van der Waals surface area (Å²) in [7, 11) is 1.77. The van der Waals surface area contributed by atoms with E-state index in [1.165, 1.54) is 0 Å². The van der Waals surface area contributed by atoms with Crippen LogP contribution in [0.1, 0.15) is 27.7 Å². The lowest BCUT2D eigenvalue weighted by molar-refractivity contribution is -0.145. The van der Waals surface area contributed by atoms with Gasteiger partial charge in [-0.3, -0.25) is 14.5 Å². The second-order valence-electron chi connectivity index (χ2n) is 4.21. The summed E-state index contributed by atoms with van der Waals surface area (Å²) in [6, 6.07) is 0.170. The fourth-order valence-corrected chi connectivity index (χ4v) is 1.26. The van der Waals surface area contributed by atoms with Gasteiger partial charge in [0.05, 0.1) is 19.7 Å². The number of hydrogen-bond donors (Lipinski definition) is 0. The van der Waals surface area contributed by atoms with Crippen LogP contribution in [0.3, 0.4) is 0 Å². The van der Waals surface area contributed by atoms with Gasteiger partial charge in [0.2, 0.25) is 5.91 Å². The molecule has 0 aromatic carbocycles. The topological polar surface area (TPSA) is 49.9 Å². The van der Waals surface area contributed by atoms with Gasteiger partial charge < -0.3 is 9.64 Å². The van der Waals surface area contributed by atoms with E-state index in [0.29, 0.717) is 13.2 Å². The third-order valence-corrected chi connectivity index (χ3v) is 2.63. The van der Waals surface area contributed by atoms with Gasteiger partial charge in [0.15, 0.2) is 0 Å². The van der Waals surface area contributed by atoms with Gasteiger partial charge in [0.25, 0.3) is 0 Å². The number of carbonyl (C=O) groups excluding carboxylic acids is 2. The molecule has 0 rings (SSSR count). The van der Waals surface area contributed by atoms with Gasteiger partial charge in [-0.05, 0) is 27.3 Å². The maximum Gasteiger partial charge on any atom is 0.320 e. The van der Waals surface area contributed by atoms with Gasteiger partial charge in [-0.25, -0.2) is 0 Å². The second-order valence-corrected chi connectivity index (χ2v) is 4.21. The van der Waals surface area contributed by atoms with Crippen LogP contribution in [0.25, 0.3) is 0 Å². The zero-order valence-electron chi connectivity index (χ0n) is 11.5. The number of rotatable bonds is 7. The first-order chi connectivity index (χ1) is 7.92. The third kappa shape index (κ3) is 6.26. The van der Waals surface area contributed by atoms with Gasteiger partial charge in [0.1, 0.15) is 0 Å². The Morgan fingerprint density at radius 3 is 2.18 bits per heavy atom. The lowest BCUT2D eigenvalue weighted by atomic mass is 10.3. The minimum absolute atomic E-state index is 0.0196. The van der Waals surface area contributed by atoms with Crippen molar-refractivity contribution in [3.8, 4) is 0 Å². The maximum absolute atomic E-state index is 11.8. The standard InChI is InChI=1S/C12H24N2O3/c1-6-14(9-12(16)17-7-2)8-11(15)13(5)10(3)4/h10H,6-9H2,1-5H3. The zero-order valence-corrected chi connectivity index (χ0v) is 11.5. The fraction of sp³-hybridized carbons (Fsp3) is 0.833. The number of esters is 1. The van der Waals surface area contributed by atoms with Crippen LogP contribution in [0.5, 0.6) is 0 Å². The second kappa shape index (κ2) is 8.06. The van der Waals surface area contributed by atoms with Crippen molar-refractivity contribution in [3.05, 3.63) is 0 Å². The van der Waals surface area contributed by atoms with Crippen LogP contribution in [0.2, 0.25) is 0 Å². The molecular formula is C12H24N2O3. The monoisotopic (exact) mass is 244 g/mol. The largest absolute Gasteiger partial charge is 0.465 e.